The molecule has 3 N–H and O–H groups in total. The van der Waals surface area contributed by atoms with Crippen LogP contribution in [0.4, 0.5) is 5.69 Å². The van der Waals surface area contributed by atoms with Gasteiger partial charge in [-0.25, -0.2) is 4.79 Å². The molecule has 2 aromatic carbocycles. The molecule has 2 rings (SSSR count). The van der Waals surface area contributed by atoms with Crippen LogP contribution in [0.25, 0.3) is 0 Å². The number of hydrogen-bond acceptors (Lipinski definition) is 4. The van der Waals surface area contributed by atoms with Gasteiger partial charge in [0, 0.05) is 10.6 Å². The number of rotatable bonds is 5. The minimum atomic E-state index is -0.763. The maximum absolute atomic E-state index is 12.2. The smallest absolute Gasteiger partial charge is 0.340 e. The Morgan fingerprint density at radius 1 is 1.04 bits per heavy atom. The summed E-state index contributed by atoms with van der Waals surface area (Å²) >= 11 is 5.77. The van der Waals surface area contributed by atoms with Crippen LogP contribution in [0.15, 0.2) is 48.5 Å². The van der Waals surface area contributed by atoms with E-state index in [1.807, 2.05) is 0 Å². The average Bonchev–Trinajstić information content (AvgIpc) is 2.53. The van der Waals surface area contributed by atoms with Crippen LogP contribution in [0.2, 0.25) is 5.02 Å². The van der Waals surface area contributed by atoms with Crippen molar-refractivity contribution < 1.29 is 19.1 Å². The van der Waals surface area contributed by atoms with Gasteiger partial charge in [0.25, 0.3) is 11.8 Å². The Kier molecular flexibility index (Phi) is 5.32. The summed E-state index contributed by atoms with van der Waals surface area (Å²) in [5.74, 6) is -1.92. The molecule has 0 bridgehead atoms. The maximum Gasteiger partial charge on any atom is 0.340 e. The van der Waals surface area contributed by atoms with Crippen molar-refractivity contribution in [2.24, 2.45) is 5.73 Å². The number of primary amides is 1. The molecule has 0 aromatic heterocycles. The second-order valence-electron chi connectivity index (χ2n) is 4.55. The molecule has 0 aliphatic rings. The van der Waals surface area contributed by atoms with E-state index < -0.39 is 24.4 Å². The van der Waals surface area contributed by atoms with E-state index in [0.717, 1.165) is 0 Å². The molecule has 0 aliphatic carbocycles. The summed E-state index contributed by atoms with van der Waals surface area (Å²) in [6.45, 7) is -0.529. The number of para-hydroxylation sites is 1. The first-order chi connectivity index (χ1) is 11.0. The third-order valence-electron chi connectivity index (χ3n) is 2.85. The Balaban J connectivity index is 2.16. The minimum Gasteiger partial charge on any atom is -0.452 e. The zero-order chi connectivity index (χ0) is 16.8. The van der Waals surface area contributed by atoms with Gasteiger partial charge in [0.05, 0.1) is 11.3 Å². The maximum atomic E-state index is 12.2. The number of halogens is 1. The van der Waals surface area contributed by atoms with Crippen LogP contribution >= 0.6 is 11.6 Å². The third kappa shape index (κ3) is 4.55. The number of hydrogen-bond donors (Lipinski definition) is 2. The lowest BCUT2D eigenvalue weighted by Gasteiger charge is -2.10. The zero-order valence-electron chi connectivity index (χ0n) is 11.9. The Hall–Kier alpha value is -2.86. The fraction of sp³-hybridized carbons (Fsp3) is 0.0625. The molecule has 2 aromatic rings. The van der Waals surface area contributed by atoms with Crippen LogP contribution in [0, 0.1) is 0 Å². The van der Waals surface area contributed by atoms with E-state index in [4.69, 9.17) is 22.1 Å². The molecule has 0 spiro atoms. The van der Waals surface area contributed by atoms with Crippen LogP contribution < -0.4 is 11.1 Å². The number of esters is 1. The van der Waals surface area contributed by atoms with Crippen molar-refractivity contribution in [3.05, 3.63) is 64.7 Å². The van der Waals surface area contributed by atoms with Crippen molar-refractivity contribution in [3.8, 4) is 0 Å². The summed E-state index contributed by atoms with van der Waals surface area (Å²) in [4.78, 5) is 34.8. The second-order valence-corrected chi connectivity index (χ2v) is 4.99. The molecule has 0 fully saturated rings. The molecule has 0 saturated heterocycles. The monoisotopic (exact) mass is 332 g/mol. The molecular weight excluding hydrogens is 320 g/mol. The first-order valence-electron chi connectivity index (χ1n) is 6.59. The molecule has 0 saturated carbocycles. The number of ether oxygens (including phenoxy) is 1. The minimum absolute atomic E-state index is 0.121. The van der Waals surface area contributed by atoms with E-state index in [1.165, 1.54) is 6.07 Å². The zero-order valence-corrected chi connectivity index (χ0v) is 12.7. The molecule has 0 aliphatic heterocycles. The van der Waals surface area contributed by atoms with Crippen LogP contribution in [-0.4, -0.2) is 24.4 Å². The normalized spacial score (nSPS) is 9.96. The van der Waals surface area contributed by atoms with Crippen molar-refractivity contribution in [1.29, 1.82) is 0 Å². The van der Waals surface area contributed by atoms with Crippen molar-refractivity contribution in [2.75, 3.05) is 11.9 Å². The van der Waals surface area contributed by atoms with Gasteiger partial charge >= 0.3 is 5.97 Å². The summed E-state index contributed by atoms with van der Waals surface area (Å²) in [7, 11) is 0. The summed E-state index contributed by atoms with van der Waals surface area (Å²) in [5, 5.41) is 3.13. The van der Waals surface area contributed by atoms with E-state index in [0.29, 0.717) is 10.6 Å². The fourth-order valence-corrected chi connectivity index (χ4v) is 1.91. The van der Waals surface area contributed by atoms with Crippen LogP contribution in [-0.2, 0) is 9.53 Å². The standard InChI is InChI=1S/C16H13ClN2O4/c17-11-7-5-10(6-8-11)15(21)19-13-4-2-1-3-12(13)16(22)23-9-14(18)20/h1-8H,9H2,(H2,18,20)(H,19,21). The largest absolute Gasteiger partial charge is 0.452 e. The number of carbonyl (C=O) groups is 3. The van der Waals surface area contributed by atoms with Gasteiger partial charge in [-0.2, -0.15) is 0 Å². The Morgan fingerprint density at radius 2 is 1.70 bits per heavy atom. The predicted octanol–water partition coefficient (Wildman–Crippen LogP) is 2.23. The molecule has 6 nitrogen and oxygen atoms in total. The van der Waals surface area contributed by atoms with Gasteiger partial charge in [0.1, 0.15) is 0 Å². The number of amides is 2. The van der Waals surface area contributed by atoms with Crippen molar-refractivity contribution >= 4 is 35.1 Å². The van der Waals surface area contributed by atoms with Gasteiger partial charge in [-0.05, 0) is 36.4 Å². The molecular formula is C16H13ClN2O4. The predicted molar refractivity (Wildman–Crippen MR) is 85.3 cm³/mol. The van der Waals surface area contributed by atoms with Crippen LogP contribution in [0.5, 0.6) is 0 Å². The highest BCUT2D eigenvalue weighted by Crippen LogP contribution is 2.18. The highest BCUT2D eigenvalue weighted by molar-refractivity contribution is 6.30. The van der Waals surface area contributed by atoms with Gasteiger partial charge in [0.2, 0.25) is 0 Å². The van der Waals surface area contributed by atoms with Crippen molar-refractivity contribution in [3.63, 3.8) is 0 Å². The first-order valence-corrected chi connectivity index (χ1v) is 6.96. The quantitative estimate of drug-likeness (QED) is 0.820. The third-order valence-corrected chi connectivity index (χ3v) is 3.10. The highest BCUT2D eigenvalue weighted by Gasteiger charge is 2.15. The molecule has 118 valence electrons. The molecule has 7 heteroatoms. The number of nitrogens with two attached hydrogens (primary N) is 1. The van der Waals surface area contributed by atoms with E-state index in [1.54, 1.807) is 42.5 Å². The average molecular weight is 333 g/mol. The van der Waals surface area contributed by atoms with E-state index in [2.05, 4.69) is 5.32 Å². The van der Waals surface area contributed by atoms with Crippen LogP contribution in [0.1, 0.15) is 20.7 Å². The Morgan fingerprint density at radius 3 is 2.35 bits per heavy atom. The second kappa shape index (κ2) is 7.42. The Bertz CT molecular complexity index is 744. The number of carbonyl (C=O) groups excluding carboxylic acids is 3. The number of benzene rings is 2. The SMILES string of the molecule is NC(=O)COC(=O)c1ccccc1NC(=O)c1ccc(Cl)cc1. The molecule has 0 heterocycles. The molecule has 0 atom stereocenters. The van der Waals surface area contributed by atoms with E-state index in [-0.39, 0.29) is 11.3 Å². The van der Waals surface area contributed by atoms with Gasteiger partial charge in [-0.15, -0.1) is 0 Å². The van der Waals surface area contributed by atoms with Gasteiger partial charge in [0.15, 0.2) is 6.61 Å². The highest BCUT2D eigenvalue weighted by atomic mass is 35.5. The van der Waals surface area contributed by atoms with E-state index in [9.17, 15) is 14.4 Å². The number of nitrogens with one attached hydrogen (secondary N) is 1. The van der Waals surface area contributed by atoms with E-state index >= 15 is 0 Å². The lowest BCUT2D eigenvalue weighted by molar-refractivity contribution is -0.121. The summed E-state index contributed by atoms with van der Waals surface area (Å²) < 4.78 is 4.75. The topological polar surface area (TPSA) is 98.5 Å². The van der Waals surface area contributed by atoms with Crippen molar-refractivity contribution in [2.45, 2.75) is 0 Å². The summed E-state index contributed by atoms with van der Waals surface area (Å²) in [6, 6.07) is 12.6. The fourth-order valence-electron chi connectivity index (χ4n) is 1.78. The molecule has 23 heavy (non-hydrogen) atoms. The Labute approximate surface area is 137 Å². The van der Waals surface area contributed by atoms with Gasteiger partial charge in [-0.1, -0.05) is 23.7 Å². The summed E-state index contributed by atoms with van der Waals surface area (Å²) in [6.07, 6.45) is 0. The lowest BCUT2D eigenvalue weighted by atomic mass is 10.1. The van der Waals surface area contributed by atoms with Gasteiger partial charge in [-0.3, -0.25) is 9.59 Å². The lowest BCUT2D eigenvalue weighted by Crippen LogP contribution is -2.22. The molecule has 2 amide bonds. The van der Waals surface area contributed by atoms with Crippen LogP contribution in [0.3, 0.4) is 0 Å². The summed E-state index contributed by atoms with van der Waals surface area (Å²) in [5.41, 5.74) is 5.70. The first kappa shape index (κ1) is 16.5. The molecule has 0 unspecified atom stereocenters. The number of anilines is 1. The molecule has 0 radical (unpaired) electrons. The van der Waals surface area contributed by atoms with Crippen molar-refractivity contribution in [1.82, 2.24) is 0 Å². The van der Waals surface area contributed by atoms with Gasteiger partial charge < -0.3 is 15.8 Å².